The molecule has 112 valence electrons. The highest BCUT2D eigenvalue weighted by Crippen LogP contribution is 2.38. The lowest BCUT2D eigenvalue weighted by Crippen LogP contribution is -2.28. The zero-order valence-corrected chi connectivity index (χ0v) is 12.5. The van der Waals surface area contributed by atoms with E-state index in [1.807, 2.05) is 6.92 Å². The summed E-state index contributed by atoms with van der Waals surface area (Å²) >= 11 is 0. The monoisotopic (exact) mass is 287 g/mol. The molecule has 0 amide bonds. The van der Waals surface area contributed by atoms with Crippen LogP contribution in [0, 0.1) is 5.92 Å². The maximum absolute atomic E-state index is 11.5. The molecule has 0 saturated heterocycles. The van der Waals surface area contributed by atoms with Crippen molar-refractivity contribution in [1.29, 1.82) is 0 Å². The van der Waals surface area contributed by atoms with Crippen LogP contribution in [0.25, 0.3) is 10.9 Å². The molecule has 0 saturated carbocycles. The molecule has 2 aromatic rings. The summed E-state index contributed by atoms with van der Waals surface area (Å²) < 4.78 is 5.81. The fraction of sp³-hybridized carbons (Fsp3) is 0.471. The number of carboxylic acids is 1. The molecule has 1 aliphatic rings. The van der Waals surface area contributed by atoms with Gasteiger partial charge in [0.25, 0.3) is 0 Å². The molecule has 2 N–H and O–H groups in total. The average molecular weight is 287 g/mol. The van der Waals surface area contributed by atoms with Crippen molar-refractivity contribution in [3.63, 3.8) is 0 Å². The Morgan fingerprint density at radius 1 is 1.48 bits per heavy atom. The van der Waals surface area contributed by atoms with Gasteiger partial charge < -0.3 is 14.8 Å². The van der Waals surface area contributed by atoms with Gasteiger partial charge in [-0.25, -0.2) is 0 Å². The molecular formula is C17H21NO3. The number of carboxylic acid groups (broad SMARTS) is 1. The summed E-state index contributed by atoms with van der Waals surface area (Å²) in [5, 5.41) is 10.7. The number of fused-ring (bicyclic) bond motifs is 3. The van der Waals surface area contributed by atoms with E-state index >= 15 is 0 Å². The van der Waals surface area contributed by atoms with Crippen LogP contribution in [0.5, 0.6) is 0 Å². The van der Waals surface area contributed by atoms with Gasteiger partial charge in [-0.05, 0) is 30.4 Å². The number of aromatic amines is 1. The summed E-state index contributed by atoms with van der Waals surface area (Å²) in [4.78, 5) is 15.0. The van der Waals surface area contributed by atoms with E-state index in [0.717, 1.165) is 24.1 Å². The van der Waals surface area contributed by atoms with E-state index in [1.54, 1.807) is 0 Å². The third-order valence-corrected chi connectivity index (χ3v) is 4.50. The lowest BCUT2D eigenvalue weighted by atomic mass is 9.91. The molecule has 1 aromatic heterocycles. The van der Waals surface area contributed by atoms with Crippen molar-refractivity contribution >= 4 is 16.9 Å². The van der Waals surface area contributed by atoms with Crippen LogP contribution in [-0.2, 0) is 22.4 Å². The minimum Gasteiger partial charge on any atom is -0.481 e. The number of benzene rings is 1. The number of hydrogen-bond acceptors (Lipinski definition) is 2. The minimum atomic E-state index is -0.787. The Hall–Kier alpha value is -1.81. The third-order valence-electron chi connectivity index (χ3n) is 4.50. The van der Waals surface area contributed by atoms with Gasteiger partial charge in [0.2, 0.25) is 0 Å². The Morgan fingerprint density at radius 3 is 2.95 bits per heavy atom. The zero-order chi connectivity index (χ0) is 15.0. The van der Waals surface area contributed by atoms with Gasteiger partial charge in [0.05, 0.1) is 12.5 Å². The van der Waals surface area contributed by atoms with E-state index in [-0.39, 0.29) is 6.10 Å². The predicted octanol–water partition coefficient (Wildman–Crippen LogP) is 3.45. The summed E-state index contributed by atoms with van der Waals surface area (Å²) in [5.41, 5.74) is 4.60. The second kappa shape index (κ2) is 5.53. The van der Waals surface area contributed by atoms with Gasteiger partial charge in [-0.3, -0.25) is 4.79 Å². The Bertz CT molecular complexity index is 674. The number of para-hydroxylation sites is 1. The van der Waals surface area contributed by atoms with Crippen LogP contribution in [0.4, 0.5) is 0 Å². The van der Waals surface area contributed by atoms with E-state index in [2.05, 4.69) is 30.1 Å². The van der Waals surface area contributed by atoms with Crippen LogP contribution in [-0.4, -0.2) is 22.7 Å². The largest absolute Gasteiger partial charge is 0.481 e. The number of nitrogens with one attached hydrogen (secondary N) is 1. The first-order chi connectivity index (χ1) is 10.2. The van der Waals surface area contributed by atoms with Crippen LogP contribution >= 0.6 is 0 Å². The van der Waals surface area contributed by atoms with E-state index < -0.39 is 11.9 Å². The maximum Gasteiger partial charge on any atom is 0.309 e. The number of carbonyl (C=O) groups is 1. The molecule has 21 heavy (non-hydrogen) atoms. The first-order valence-electron chi connectivity index (χ1n) is 7.64. The second-order valence-electron chi connectivity index (χ2n) is 5.60. The van der Waals surface area contributed by atoms with Crippen LogP contribution in [0.3, 0.4) is 0 Å². The summed E-state index contributed by atoms with van der Waals surface area (Å²) in [6.45, 7) is 4.62. The second-order valence-corrected chi connectivity index (χ2v) is 5.60. The SMILES string of the molecule is CCc1cccc2c3c([nH]c12)C(C(CC)C(=O)O)OCC3. The number of aryl methyl sites for hydroxylation is 1. The fourth-order valence-corrected chi connectivity index (χ4v) is 3.37. The Labute approximate surface area is 124 Å². The van der Waals surface area contributed by atoms with Gasteiger partial charge >= 0.3 is 5.97 Å². The summed E-state index contributed by atoms with van der Waals surface area (Å²) in [5.74, 6) is -1.29. The van der Waals surface area contributed by atoms with Gasteiger partial charge in [-0.15, -0.1) is 0 Å². The zero-order valence-electron chi connectivity index (χ0n) is 12.5. The first kappa shape index (κ1) is 14.1. The van der Waals surface area contributed by atoms with E-state index in [4.69, 9.17) is 4.74 Å². The van der Waals surface area contributed by atoms with Crippen LogP contribution in [0.15, 0.2) is 18.2 Å². The predicted molar refractivity (Wildman–Crippen MR) is 81.5 cm³/mol. The summed E-state index contributed by atoms with van der Waals surface area (Å²) in [6, 6.07) is 6.32. The molecule has 1 aliphatic heterocycles. The normalized spacial score (nSPS) is 19.4. The Balaban J connectivity index is 2.15. The van der Waals surface area contributed by atoms with Gasteiger partial charge in [0.1, 0.15) is 6.10 Å². The summed E-state index contributed by atoms with van der Waals surface area (Å²) in [7, 11) is 0. The van der Waals surface area contributed by atoms with Crippen molar-refractivity contribution < 1.29 is 14.6 Å². The molecule has 1 aromatic carbocycles. The molecule has 3 rings (SSSR count). The molecular weight excluding hydrogens is 266 g/mol. The fourth-order valence-electron chi connectivity index (χ4n) is 3.37. The highest BCUT2D eigenvalue weighted by molar-refractivity contribution is 5.88. The molecule has 4 nitrogen and oxygen atoms in total. The molecule has 2 unspecified atom stereocenters. The number of H-pyrrole nitrogens is 1. The lowest BCUT2D eigenvalue weighted by molar-refractivity contribution is -0.148. The van der Waals surface area contributed by atoms with Crippen molar-refractivity contribution in [1.82, 2.24) is 4.98 Å². The van der Waals surface area contributed by atoms with Crippen molar-refractivity contribution in [2.45, 2.75) is 39.2 Å². The molecule has 4 heteroatoms. The van der Waals surface area contributed by atoms with Gasteiger partial charge in [-0.2, -0.15) is 0 Å². The van der Waals surface area contributed by atoms with Crippen LogP contribution in [0.2, 0.25) is 0 Å². The van der Waals surface area contributed by atoms with E-state index in [0.29, 0.717) is 13.0 Å². The van der Waals surface area contributed by atoms with Crippen molar-refractivity contribution in [3.05, 3.63) is 35.0 Å². The first-order valence-corrected chi connectivity index (χ1v) is 7.64. The highest BCUT2D eigenvalue weighted by atomic mass is 16.5. The Kier molecular flexibility index (Phi) is 3.72. The average Bonchev–Trinajstić information content (AvgIpc) is 2.87. The quantitative estimate of drug-likeness (QED) is 0.905. The molecule has 0 radical (unpaired) electrons. The van der Waals surface area contributed by atoms with Gasteiger partial charge in [0.15, 0.2) is 0 Å². The smallest absolute Gasteiger partial charge is 0.309 e. The van der Waals surface area contributed by atoms with Crippen molar-refractivity contribution in [2.75, 3.05) is 6.61 Å². The molecule has 0 bridgehead atoms. The topological polar surface area (TPSA) is 62.3 Å². The molecule has 2 atom stereocenters. The highest BCUT2D eigenvalue weighted by Gasteiger charge is 2.34. The third kappa shape index (κ3) is 2.23. The molecule has 0 aliphatic carbocycles. The molecule has 0 fully saturated rings. The number of rotatable bonds is 4. The number of aliphatic carboxylic acids is 1. The number of aromatic nitrogens is 1. The van der Waals surface area contributed by atoms with E-state index in [9.17, 15) is 9.90 Å². The summed E-state index contributed by atoms with van der Waals surface area (Å²) in [6.07, 6.45) is 2.00. The van der Waals surface area contributed by atoms with Gasteiger partial charge in [-0.1, -0.05) is 32.0 Å². The van der Waals surface area contributed by atoms with Crippen LogP contribution in [0.1, 0.15) is 43.2 Å². The van der Waals surface area contributed by atoms with Crippen molar-refractivity contribution in [3.8, 4) is 0 Å². The minimum absolute atomic E-state index is 0.367. The standard InChI is InChI=1S/C17H21NO3/c1-3-10-6-5-7-12-13-8-9-21-16(11(4-2)17(19)20)15(13)18-14(10)12/h5-7,11,16,18H,3-4,8-9H2,1-2H3,(H,19,20). The van der Waals surface area contributed by atoms with Crippen molar-refractivity contribution in [2.24, 2.45) is 5.92 Å². The van der Waals surface area contributed by atoms with Crippen LogP contribution < -0.4 is 0 Å². The maximum atomic E-state index is 11.5. The molecule has 2 heterocycles. The lowest BCUT2D eigenvalue weighted by Gasteiger charge is -2.27. The Morgan fingerprint density at radius 2 is 2.29 bits per heavy atom. The number of hydrogen-bond donors (Lipinski definition) is 2. The molecule has 0 spiro atoms. The van der Waals surface area contributed by atoms with E-state index in [1.165, 1.54) is 16.5 Å². The number of ether oxygens (including phenoxy) is 1. The van der Waals surface area contributed by atoms with Gasteiger partial charge in [0, 0.05) is 16.6 Å².